The Labute approximate surface area is 149 Å². The van der Waals surface area contributed by atoms with E-state index in [0.29, 0.717) is 28.0 Å². The summed E-state index contributed by atoms with van der Waals surface area (Å²) in [5.74, 6) is -0.0529. The molecule has 26 heavy (non-hydrogen) atoms. The second-order valence-corrected chi connectivity index (χ2v) is 5.73. The van der Waals surface area contributed by atoms with E-state index >= 15 is 0 Å². The zero-order chi connectivity index (χ0) is 18.7. The predicted octanol–water partition coefficient (Wildman–Crippen LogP) is 2.71. The lowest BCUT2D eigenvalue weighted by atomic mass is 10.1. The molecule has 0 aliphatic heterocycles. The quantitative estimate of drug-likeness (QED) is 0.504. The number of carboxylic acid groups (broad SMARTS) is 1. The maximum absolute atomic E-state index is 10.6. The number of carbonyl (C=O) groups is 1. The number of nitrogens with one attached hydrogen (secondary N) is 1. The molecule has 0 spiro atoms. The molecule has 0 radical (unpaired) electrons. The molecular weight excluding hydrogens is 336 g/mol. The number of benzene rings is 2. The number of aliphatic hydroxyl groups is 1. The van der Waals surface area contributed by atoms with Crippen molar-refractivity contribution in [1.29, 1.82) is 0 Å². The van der Waals surface area contributed by atoms with Crippen LogP contribution in [0.25, 0.3) is 10.8 Å². The van der Waals surface area contributed by atoms with Crippen LogP contribution >= 0.6 is 0 Å². The molecule has 3 rings (SSSR count). The van der Waals surface area contributed by atoms with E-state index < -0.39 is 18.7 Å². The maximum atomic E-state index is 10.6. The van der Waals surface area contributed by atoms with Gasteiger partial charge in [0.15, 0.2) is 6.23 Å². The summed E-state index contributed by atoms with van der Waals surface area (Å²) in [6, 6.07) is 14.4. The van der Waals surface area contributed by atoms with E-state index in [1.54, 1.807) is 25.1 Å². The van der Waals surface area contributed by atoms with Crippen molar-refractivity contribution in [2.24, 2.45) is 0 Å². The van der Waals surface area contributed by atoms with E-state index in [-0.39, 0.29) is 11.4 Å². The number of pyridine rings is 1. The van der Waals surface area contributed by atoms with Gasteiger partial charge >= 0.3 is 5.97 Å². The highest BCUT2D eigenvalue weighted by atomic mass is 16.5. The van der Waals surface area contributed by atoms with Crippen molar-refractivity contribution in [3.63, 3.8) is 0 Å². The van der Waals surface area contributed by atoms with Crippen molar-refractivity contribution < 1.29 is 24.9 Å². The molecule has 3 aromatic rings. The highest BCUT2D eigenvalue weighted by Gasteiger charge is 2.19. The number of aromatic hydroxyl groups is 1. The minimum absolute atomic E-state index is 0.0204. The number of aliphatic carboxylic acids is 1. The van der Waals surface area contributed by atoms with Crippen molar-refractivity contribution in [1.82, 2.24) is 10.3 Å². The fourth-order valence-corrected chi connectivity index (χ4v) is 2.62. The minimum Gasteiger partial charge on any atom is -0.505 e. The molecule has 4 N–H and O–H groups in total. The van der Waals surface area contributed by atoms with Gasteiger partial charge in [-0.15, -0.1) is 0 Å². The molecule has 0 aliphatic carbocycles. The van der Waals surface area contributed by atoms with Crippen LogP contribution in [0.2, 0.25) is 0 Å². The summed E-state index contributed by atoms with van der Waals surface area (Å²) in [6.07, 6.45) is -1.39. The number of para-hydroxylation sites is 1. The highest BCUT2D eigenvalue weighted by molar-refractivity contribution is 5.91. The largest absolute Gasteiger partial charge is 0.505 e. The molecule has 1 unspecified atom stereocenters. The average molecular weight is 354 g/mol. The Morgan fingerprint density at radius 3 is 2.58 bits per heavy atom. The second kappa shape index (κ2) is 7.38. The Kier molecular flexibility index (Phi) is 5.01. The fourth-order valence-electron chi connectivity index (χ4n) is 2.62. The molecule has 1 atom stereocenters. The van der Waals surface area contributed by atoms with E-state index in [9.17, 15) is 15.0 Å². The number of aryl methyl sites for hydroxylation is 1. The number of hydrogen-bond donors (Lipinski definition) is 4. The molecule has 0 saturated carbocycles. The van der Waals surface area contributed by atoms with Gasteiger partial charge in [0.2, 0.25) is 0 Å². The van der Waals surface area contributed by atoms with Crippen LogP contribution in [0.3, 0.4) is 0 Å². The first kappa shape index (κ1) is 17.7. The molecule has 1 heterocycles. The fraction of sp³-hybridized carbons (Fsp3) is 0.158. The summed E-state index contributed by atoms with van der Waals surface area (Å²) < 4.78 is 5.79. The third kappa shape index (κ3) is 3.74. The third-order valence-electron chi connectivity index (χ3n) is 3.85. The van der Waals surface area contributed by atoms with Gasteiger partial charge in [0.1, 0.15) is 22.9 Å². The summed E-state index contributed by atoms with van der Waals surface area (Å²) >= 11 is 0. The number of ether oxygens (including phenoxy) is 1. The van der Waals surface area contributed by atoms with Gasteiger partial charge in [-0.1, -0.05) is 18.2 Å². The first-order valence-electron chi connectivity index (χ1n) is 7.95. The summed E-state index contributed by atoms with van der Waals surface area (Å²) in [6.45, 7) is 1.28. The molecule has 0 bridgehead atoms. The SMILES string of the molecule is Cc1nc(C(O)NCC(=O)O)c(O)c2ccc(Oc3ccccc3)cc12. The van der Waals surface area contributed by atoms with Gasteiger partial charge in [-0.3, -0.25) is 10.1 Å². The first-order chi connectivity index (χ1) is 12.5. The summed E-state index contributed by atoms with van der Waals surface area (Å²) in [5, 5.41) is 32.7. The minimum atomic E-state index is -1.39. The van der Waals surface area contributed by atoms with Crippen molar-refractivity contribution in [3.05, 3.63) is 59.9 Å². The predicted molar refractivity (Wildman–Crippen MR) is 95.3 cm³/mol. The molecule has 0 aliphatic rings. The van der Waals surface area contributed by atoms with Gasteiger partial charge < -0.3 is 20.1 Å². The van der Waals surface area contributed by atoms with Gasteiger partial charge in [-0.05, 0) is 37.3 Å². The number of aliphatic hydroxyl groups excluding tert-OH is 1. The Morgan fingerprint density at radius 1 is 1.15 bits per heavy atom. The van der Waals surface area contributed by atoms with Crippen LogP contribution in [0.4, 0.5) is 0 Å². The van der Waals surface area contributed by atoms with Crippen LogP contribution in [0.1, 0.15) is 17.6 Å². The van der Waals surface area contributed by atoms with E-state index in [4.69, 9.17) is 9.84 Å². The lowest BCUT2D eigenvalue weighted by Crippen LogP contribution is -2.28. The number of rotatable bonds is 6. The van der Waals surface area contributed by atoms with Gasteiger partial charge in [0, 0.05) is 16.5 Å². The van der Waals surface area contributed by atoms with Crippen LogP contribution in [-0.4, -0.2) is 32.8 Å². The first-order valence-corrected chi connectivity index (χ1v) is 7.95. The summed E-state index contributed by atoms with van der Waals surface area (Å²) in [7, 11) is 0. The number of nitrogens with zero attached hydrogens (tertiary/aromatic N) is 1. The smallest absolute Gasteiger partial charge is 0.317 e. The van der Waals surface area contributed by atoms with Crippen LogP contribution in [0, 0.1) is 6.92 Å². The van der Waals surface area contributed by atoms with E-state index in [2.05, 4.69) is 10.3 Å². The zero-order valence-electron chi connectivity index (χ0n) is 14.0. The topological polar surface area (TPSA) is 112 Å². The molecule has 0 fully saturated rings. The molecule has 7 nitrogen and oxygen atoms in total. The molecule has 7 heteroatoms. The van der Waals surface area contributed by atoms with Crippen LogP contribution in [0.5, 0.6) is 17.2 Å². The van der Waals surface area contributed by atoms with Crippen molar-refractivity contribution in [2.75, 3.05) is 6.54 Å². The molecule has 2 aromatic carbocycles. The van der Waals surface area contributed by atoms with Crippen molar-refractivity contribution >= 4 is 16.7 Å². The zero-order valence-corrected chi connectivity index (χ0v) is 14.0. The Morgan fingerprint density at radius 2 is 1.88 bits per heavy atom. The maximum Gasteiger partial charge on any atom is 0.317 e. The number of hydrogen-bond acceptors (Lipinski definition) is 6. The Bertz CT molecular complexity index is 944. The Hall–Kier alpha value is -3.16. The monoisotopic (exact) mass is 354 g/mol. The summed E-state index contributed by atoms with van der Waals surface area (Å²) in [4.78, 5) is 14.8. The normalized spacial score (nSPS) is 12.1. The third-order valence-corrected chi connectivity index (χ3v) is 3.85. The van der Waals surface area contributed by atoms with E-state index in [1.165, 1.54) is 0 Å². The van der Waals surface area contributed by atoms with Crippen LogP contribution < -0.4 is 10.1 Å². The van der Waals surface area contributed by atoms with Crippen molar-refractivity contribution in [3.8, 4) is 17.2 Å². The number of carboxylic acids is 1. The molecular formula is C19H18N2O5. The highest BCUT2D eigenvalue weighted by Crippen LogP contribution is 2.35. The lowest BCUT2D eigenvalue weighted by Gasteiger charge is -2.16. The number of aromatic nitrogens is 1. The molecule has 0 saturated heterocycles. The Balaban J connectivity index is 1.95. The van der Waals surface area contributed by atoms with Gasteiger partial charge in [0.25, 0.3) is 0 Å². The molecule has 1 aromatic heterocycles. The van der Waals surface area contributed by atoms with Gasteiger partial charge in [0.05, 0.1) is 6.54 Å². The summed E-state index contributed by atoms with van der Waals surface area (Å²) in [5.41, 5.74) is 0.551. The molecule has 0 amide bonds. The average Bonchev–Trinajstić information content (AvgIpc) is 2.63. The number of fused-ring (bicyclic) bond motifs is 1. The van der Waals surface area contributed by atoms with Crippen LogP contribution in [0.15, 0.2) is 48.5 Å². The standard InChI is InChI=1S/C19H18N2O5/c1-11-15-9-13(26-12-5-3-2-4-6-12)7-8-14(15)18(24)17(21-11)19(25)20-10-16(22)23/h2-9,19-20,24-25H,10H2,1H3,(H,22,23). The van der Waals surface area contributed by atoms with E-state index in [0.717, 1.165) is 0 Å². The molecule has 134 valence electrons. The lowest BCUT2D eigenvalue weighted by molar-refractivity contribution is -0.136. The van der Waals surface area contributed by atoms with Gasteiger partial charge in [-0.2, -0.15) is 0 Å². The second-order valence-electron chi connectivity index (χ2n) is 5.73. The van der Waals surface area contributed by atoms with Crippen LogP contribution in [-0.2, 0) is 4.79 Å². The van der Waals surface area contributed by atoms with E-state index in [1.807, 2.05) is 30.3 Å². The van der Waals surface area contributed by atoms with Gasteiger partial charge in [-0.25, -0.2) is 4.98 Å². The van der Waals surface area contributed by atoms with Crippen molar-refractivity contribution in [2.45, 2.75) is 13.2 Å².